The van der Waals surface area contributed by atoms with Crippen molar-refractivity contribution in [2.75, 3.05) is 0 Å². The zero-order valence-electron chi connectivity index (χ0n) is 40.2. The molecule has 6 N–H and O–H groups in total. The number of fused-ring (bicyclic) bond motifs is 2. The molecule has 26 heteroatoms. The molecule has 7 heterocycles. The molecule has 2 bridgehead atoms. The third kappa shape index (κ3) is 9.94. The van der Waals surface area contributed by atoms with Gasteiger partial charge in [-0.1, -0.05) is 70.1 Å². The normalized spacial score (nSPS) is 30.2. The predicted molar refractivity (Wildman–Crippen MR) is 248 cm³/mol. The summed E-state index contributed by atoms with van der Waals surface area (Å²) < 4.78 is 37.6. The van der Waals surface area contributed by atoms with Crippen molar-refractivity contribution in [3.05, 3.63) is 144 Å². The number of azide groups is 1. The van der Waals surface area contributed by atoms with E-state index in [4.69, 9.17) is 39.7 Å². The number of aryl methyl sites for hydroxylation is 3. The Morgan fingerprint density at radius 2 is 1.17 bits per heavy atom. The first-order valence-corrected chi connectivity index (χ1v) is 22.7. The van der Waals surface area contributed by atoms with Gasteiger partial charge in [0.05, 0.1) is 18.7 Å². The van der Waals surface area contributed by atoms with Crippen molar-refractivity contribution in [1.29, 1.82) is 0 Å². The van der Waals surface area contributed by atoms with Gasteiger partial charge in [0.2, 0.25) is 11.6 Å². The summed E-state index contributed by atoms with van der Waals surface area (Å²) in [4.78, 5) is 114. The fourth-order valence-corrected chi connectivity index (χ4v) is 9.31. The van der Waals surface area contributed by atoms with Crippen LogP contribution in [0.4, 0.5) is 0 Å². The number of hydrogen-bond acceptors (Lipinski definition) is 17. The van der Waals surface area contributed by atoms with Gasteiger partial charge in [0.25, 0.3) is 35.5 Å². The number of hydrogen-bond donors (Lipinski definition) is 5. The average molecular weight is 992 g/mol. The first-order chi connectivity index (χ1) is 33.7. The van der Waals surface area contributed by atoms with Gasteiger partial charge in [-0.25, -0.2) is 14.4 Å². The molecule has 12 atom stereocenters. The number of ether oxygens (including phenoxy) is 6. The highest BCUT2D eigenvalue weighted by Crippen LogP contribution is 2.47. The van der Waals surface area contributed by atoms with Gasteiger partial charge in [-0.3, -0.25) is 57.4 Å². The Balaban J connectivity index is 0.000000176. The number of amides is 1. The summed E-state index contributed by atoms with van der Waals surface area (Å²) in [6.07, 6.45) is 2.18. The molecule has 0 aliphatic carbocycles. The Morgan fingerprint density at radius 1 is 0.704 bits per heavy atom. The van der Waals surface area contributed by atoms with Crippen LogP contribution in [0.15, 0.2) is 82.8 Å². The van der Waals surface area contributed by atoms with E-state index in [9.17, 15) is 43.2 Å². The number of carbonyl (C=O) groups excluding carboxylic acids is 3. The van der Waals surface area contributed by atoms with Gasteiger partial charge in [0.15, 0.2) is 24.3 Å². The van der Waals surface area contributed by atoms with Gasteiger partial charge in [-0.05, 0) is 38.3 Å². The Kier molecular flexibility index (Phi) is 16.0. The Labute approximate surface area is 403 Å². The number of nitrogens with zero attached hydrogens (tertiary/aromatic N) is 6. The minimum absolute atomic E-state index is 0.237. The summed E-state index contributed by atoms with van der Waals surface area (Å²) >= 11 is 0. The van der Waals surface area contributed by atoms with Crippen LogP contribution in [0.5, 0.6) is 0 Å². The summed E-state index contributed by atoms with van der Waals surface area (Å²) in [5, 5.41) is 6.59. The van der Waals surface area contributed by atoms with E-state index in [-0.39, 0.29) is 18.3 Å². The molecule has 8 rings (SSSR count). The van der Waals surface area contributed by atoms with Crippen molar-refractivity contribution < 1.29 is 42.8 Å². The van der Waals surface area contributed by atoms with Crippen LogP contribution in [0, 0.1) is 32.6 Å². The third-order valence-corrected chi connectivity index (χ3v) is 13.6. The SMILES string of the molecule is CC[C@@]1(OC=O)O[C@@H](n2cc(C)c(=O)[nH]c2=O)C(N)[C@H]1C.CC[C@@]1(OC=O)O[C@@H](n2cc(C)c(=O)[nH]c2=O)C(N=[N+]=[N-])[C@H]1C.CC[C@]12O[C@@H](n3cc(C)c(=O)[nH]c3=O)C(NC1=O)[C@H]2OCc1ccccc1. The Morgan fingerprint density at radius 3 is 1.63 bits per heavy atom. The molecule has 0 spiro atoms. The Bertz CT molecular complexity index is 3030. The van der Waals surface area contributed by atoms with Gasteiger partial charge in [-0.15, -0.1) is 0 Å². The van der Waals surface area contributed by atoms with Crippen LogP contribution >= 0.6 is 0 Å². The molecular weight excluding hydrogens is 935 g/mol. The van der Waals surface area contributed by atoms with Crippen LogP contribution in [-0.2, 0) is 49.4 Å². The highest BCUT2D eigenvalue weighted by molar-refractivity contribution is 5.90. The lowest BCUT2D eigenvalue weighted by atomic mass is 9.93. The maximum Gasteiger partial charge on any atom is 0.330 e. The molecule has 1 amide bonds. The van der Waals surface area contributed by atoms with Crippen LogP contribution in [0.2, 0.25) is 0 Å². The maximum atomic E-state index is 12.5. The lowest BCUT2D eigenvalue weighted by Gasteiger charge is -2.30. The standard InChI is InChI=1S/C19H21N3O5.C13H17N5O5.C13H19N3O5/c1-3-19-14(26-10-12-7-5-4-6-8-12)13(20-17(19)24)16(27-19)22-9-11(2)15(23)21-18(22)25;1-4-13(22-6-19)8(3)9(16-17-14)11(23-13)18-5-7(2)10(20)15-12(18)21;1-4-13(20-6-17)8(3)9(14)11(21-13)16-5-7(2)10(18)15-12(16)19/h4-9,13-14,16H,3,10H2,1-2H3,(H,20,24)(H,21,23,25);5-6,8-9,11H,4H2,1-3H3,(H,15,20,21);5-6,8-9,11H,4,14H2,1-3H3,(H,15,18,19)/t13?,14-,16-,19-;2*8-,9?,11-,13-/m111/s1. The van der Waals surface area contributed by atoms with E-state index < -0.39 is 99.8 Å². The van der Waals surface area contributed by atoms with Crippen LogP contribution in [0.25, 0.3) is 10.4 Å². The minimum Gasteiger partial charge on any atom is -0.435 e. The third-order valence-electron chi connectivity index (χ3n) is 13.6. The van der Waals surface area contributed by atoms with E-state index in [0.29, 0.717) is 49.0 Å². The summed E-state index contributed by atoms with van der Waals surface area (Å²) in [5.41, 5.74) is 12.5. The van der Waals surface area contributed by atoms with Crippen LogP contribution in [0.1, 0.15) is 94.8 Å². The lowest BCUT2D eigenvalue weighted by molar-refractivity contribution is -0.238. The second kappa shape index (κ2) is 21.4. The van der Waals surface area contributed by atoms with Crippen LogP contribution in [0.3, 0.4) is 0 Å². The molecule has 4 aliphatic heterocycles. The fourth-order valence-electron chi connectivity index (χ4n) is 9.31. The molecule has 4 aromatic rings. The molecule has 0 saturated carbocycles. The number of H-pyrrole nitrogens is 3. The van der Waals surface area contributed by atoms with Crippen molar-refractivity contribution in [3.8, 4) is 0 Å². The highest BCUT2D eigenvalue weighted by atomic mass is 16.7. The summed E-state index contributed by atoms with van der Waals surface area (Å²) in [7, 11) is 0. The summed E-state index contributed by atoms with van der Waals surface area (Å²) in [6.45, 7) is 14.5. The zero-order chi connectivity index (χ0) is 52.2. The fraction of sp³-hybridized carbons (Fsp3) is 0.533. The van der Waals surface area contributed by atoms with E-state index >= 15 is 0 Å². The molecule has 3 aromatic heterocycles. The molecule has 26 nitrogen and oxygen atoms in total. The Hall–Kier alpha value is -7.22. The van der Waals surface area contributed by atoms with Gasteiger partial charge >= 0.3 is 17.1 Å². The van der Waals surface area contributed by atoms with E-state index in [2.05, 4.69) is 30.3 Å². The largest absolute Gasteiger partial charge is 0.435 e. The topological polar surface area (TPSA) is 358 Å². The second-order valence-corrected chi connectivity index (χ2v) is 17.5. The second-order valence-electron chi connectivity index (χ2n) is 17.5. The zero-order valence-corrected chi connectivity index (χ0v) is 40.2. The molecule has 3 unspecified atom stereocenters. The molecule has 382 valence electrons. The van der Waals surface area contributed by atoms with Gasteiger partial charge in [-0.2, -0.15) is 0 Å². The molecule has 0 radical (unpaired) electrons. The van der Waals surface area contributed by atoms with Gasteiger partial charge in [0, 0.05) is 64.9 Å². The lowest BCUT2D eigenvalue weighted by Crippen LogP contribution is -2.50. The maximum absolute atomic E-state index is 12.5. The first kappa shape index (κ1) is 53.1. The first-order valence-electron chi connectivity index (χ1n) is 22.7. The molecule has 4 aliphatic rings. The number of rotatable bonds is 14. The number of nitrogens with two attached hydrogens (primary N) is 1. The number of nitrogens with one attached hydrogen (secondary N) is 4. The van der Waals surface area contributed by atoms with E-state index in [1.807, 2.05) is 37.3 Å². The summed E-state index contributed by atoms with van der Waals surface area (Å²) in [6, 6.07) is 7.77. The molecule has 4 fully saturated rings. The smallest absolute Gasteiger partial charge is 0.330 e. The quantitative estimate of drug-likeness (QED) is 0.0513. The van der Waals surface area contributed by atoms with Crippen molar-refractivity contribution in [3.63, 3.8) is 0 Å². The minimum atomic E-state index is -1.31. The van der Waals surface area contributed by atoms with Gasteiger partial charge in [0.1, 0.15) is 12.1 Å². The number of aromatic nitrogens is 6. The van der Waals surface area contributed by atoms with Crippen molar-refractivity contribution in [1.82, 2.24) is 34.0 Å². The van der Waals surface area contributed by atoms with E-state index in [0.717, 1.165) is 10.1 Å². The molecule has 4 saturated heterocycles. The van der Waals surface area contributed by atoms with Gasteiger partial charge < -0.3 is 39.5 Å². The van der Waals surface area contributed by atoms with E-state index in [1.165, 1.54) is 34.6 Å². The van der Waals surface area contributed by atoms with E-state index in [1.54, 1.807) is 41.5 Å². The number of benzene rings is 1. The summed E-state index contributed by atoms with van der Waals surface area (Å²) in [5.74, 6) is -3.52. The predicted octanol–water partition coefficient (Wildman–Crippen LogP) is 1.19. The van der Waals surface area contributed by atoms with Crippen molar-refractivity contribution in [2.24, 2.45) is 22.7 Å². The van der Waals surface area contributed by atoms with Crippen molar-refractivity contribution in [2.45, 2.75) is 141 Å². The monoisotopic (exact) mass is 991 g/mol. The molecular formula is C45H57N11O15. The van der Waals surface area contributed by atoms with Crippen molar-refractivity contribution >= 4 is 18.9 Å². The number of morpholine rings is 1. The average Bonchev–Trinajstić information content (AvgIpc) is 3.99. The number of carbonyl (C=O) groups is 3. The van der Waals surface area contributed by atoms with Crippen LogP contribution < -0.4 is 44.8 Å². The highest BCUT2D eigenvalue weighted by Gasteiger charge is 2.66. The molecule has 1 aromatic carbocycles. The number of aromatic amines is 3. The molecule has 71 heavy (non-hydrogen) atoms. The van der Waals surface area contributed by atoms with Crippen LogP contribution in [-0.4, -0.2) is 88.9 Å².